The monoisotopic (exact) mass is 376 g/mol. The second kappa shape index (κ2) is 7.77. The first-order valence-electron chi connectivity index (χ1n) is 8.21. The third kappa shape index (κ3) is 4.67. The van der Waals surface area contributed by atoms with Crippen LogP contribution in [0.1, 0.15) is 44.4 Å². The van der Waals surface area contributed by atoms with Crippen molar-refractivity contribution in [1.29, 1.82) is 0 Å². The Hall–Kier alpha value is -1.62. The first-order chi connectivity index (χ1) is 11.2. The number of aryl methyl sites for hydroxylation is 1. The highest BCUT2D eigenvalue weighted by molar-refractivity contribution is 9.10. The fraction of sp³-hybridized carbons (Fsp3) is 0.444. The smallest absolute Gasteiger partial charge is 0.220 e. The van der Waals surface area contributed by atoms with Crippen LogP contribution in [0.4, 0.5) is 0 Å². The second-order valence-corrected chi connectivity index (χ2v) is 6.95. The Balaban J connectivity index is 1.52. The Morgan fingerprint density at radius 2 is 2.13 bits per heavy atom. The maximum atomic E-state index is 12.0. The number of hydrogen-bond acceptors (Lipinski definition) is 3. The standard InChI is InChI=1S/C18H21BrN2O2/c19-14-6-4-5-13(11-14)16-12-20-18(23-16)10-9-17(22)21-15-7-2-1-3-8-15/h4-6,11-12,15H,1-3,7-10H2,(H,21,22). The number of amides is 1. The van der Waals surface area contributed by atoms with Gasteiger partial charge in [0.15, 0.2) is 11.7 Å². The molecule has 23 heavy (non-hydrogen) atoms. The van der Waals surface area contributed by atoms with E-state index in [1.165, 1.54) is 19.3 Å². The molecule has 0 saturated heterocycles. The summed E-state index contributed by atoms with van der Waals surface area (Å²) in [5.74, 6) is 1.44. The van der Waals surface area contributed by atoms with Crippen LogP contribution in [0, 0.1) is 0 Å². The Bertz CT molecular complexity index is 663. The maximum absolute atomic E-state index is 12.0. The lowest BCUT2D eigenvalue weighted by atomic mass is 9.95. The number of rotatable bonds is 5. The van der Waals surface area contributed by atoms with E-state index in [1.54, 1.807) is 6.20 Å². The molecule has 1 fully saturated rings. The Labute approximate surface area is 144 Å². The number of oxazole rings is 1. The molecule has 5 heteroatoms. The SMILES string of the molecule is O=C(CCc1ncc(-c2cccc(Br)c2)o1)NC1CCCCC1. The zero-order chi connectivity index (χ0) is 16.1. The first kappa shape index (κ1) is 16.2. The molecule has 0 radical (unpaired) electrons. The molecule has 1 heterocycles. The molecule has 1 amide bonds. The van der Waals surface area contributed by atoms with Gasteiger partial charge in [-0.25, -0.2) is 4.98 Å². The first-order valence-corrected chi connectivity index (χ1v) is 9.00. The Morgan fingerprint density at radius 3 is 2.91 bits per heavy atom. The summed E-state index contributed by atoms with van der Waals surface area (Å²) < 4.78 is 6.75. The van der Waals surface area contributed by atoms with Crippen LogP contribution in [0.5, 0.6) is 0 Å². The summed E-state index contributed by atoms with van der Waals surface area (Å²) in [5, 5.41) is 3.12. The van der Waals surface area contributed by atoms with Crippen molar-refractivity contribution < 1.29 is 9.21 Å². The van der Waals surface area contributed by atoms with Crippen LogP contribution in [0.15, 0.2) is 39.4 Å². The van der Waals surface area contributed by atoms with E-state index >= 15 is 0 Å². The number of carbonyl (C=O) groups excluding carboxylic acids is 1. The molecule has 0 atom stereocenters. The van der Waals surface area contributed by atoms with Gasteiger partial charge in [-0.2, -0.15) is 0 Å². The summed E-state index contributed by atoms with van der Waals surface area (Å²) in [5.41, 5.74) is 0.977. The van der Waals surface area contributed by atoms with Crippen LogP contribution in [-0.2, 0) is 11.2 Å². The fourth-order valence-corrected chi connectivity index (χ4v) is 3.37. The summed E-state index contributed by atoms with van der Waals surface area (Å²) in [6.07, 6.45) is 8.63. The number of halogens is 1. The Kier molecular flexibility index (Phi) is 5.49. The van der Waals surface area contributed by atoms with Gasteiger partial charge < -0.3 is 9.73 Å². The molecular weight excluding hydrogens is 356 g/mol. The quantitative estimate of drug-likeness (QED) is 0.836. The summed E-state index contributed by atoms with van der Waals surface area (Å²) in [7, 11) is 0. The summed E-state index contributed by atoms with van der Waals surface area (Å²) in [4.78, 5) is 16.3. The topological polar surface area (TPSA) is 55.1 Å². The van der Waals surface area contributed by atoms with Crippen molar-refractivity contribution in [2.24, 2.45) is 0 Å². The van der Waals surface area contributed by atoms with E-state index < -0.39 is 0 Å². The van der Waals surface area contributed by atoms with Crippen molar-refractivity contribution in [3.8, 4) is 11.3 Å². The van der Waals surface area contributed by atoms with Crippen LogP contribution >= 0.6 is 15.9 Å². The van der Waals surface area contributed by atoms with Gasteiger partial charge in [-0.05, 0) is 25.0 Å². The van der Waals surface area contributed by atoms with Crippen LogP contribution in [-0.4, -0.2) is 16.9 Å². The Morgan fingerprint density at radius 1 is 1.30 bits per heavy atom. The minimum atomic E-state index is 0.0964. The highest BCUT2D eigenvalue weighted by Gasteiger charge is 2.16. The van der Waals surface area contributed by atoms with Crippen molar-refractivity contribution in [2.75, 3.05) is 0 Å². The normalized spacial score (nSPS) is 15.5. The highest BCUT2D eigenvalue weighted by Crippen LogP contribution is 2.24. The summed E-state index contributed by atoms with van der Waals surface area (Å²) in [6, 6.07) is 8.25. The van der Waals surface area contributed by atoms with Gasteiger partial charge in [0.2, 0.25) is 5.91 Å². The number of nitrogens with zero attached hydrogens (tertiary/aromatic N) is 1. The summed E-state index contributed by atoms with van der Waals surface area (Å²) >= 11 is 3.45. The number of hydrogen-bond donors (Lipinski definition) is 1. The minimum absolute atomic E-state index is 0.0964. The van der Waals surface area contributed by atoms with Gasteiger partial charge in [0.25, 0.3) is 0 Å². The molecule has 4 nitrogen and oxygen atoms in total. The molecule has 0 bridgehead atoms. The van der Waals surface area contributed by atoms with E-state index in [4.69, 9.17) is 4.42 Å². The predicted molar refractivity (Wildman–Crippen MR) is 93.0 cm³/mol. The summed E-state index contributed by atoms with van der Waals surface area (Å²) in [6.45, 7) is 0. The lowest BCUT2D eigenvalue weighted by Crippen LogP contribution is -2.36. The molecule has 2 aromatic rings. The number of nitrogens with one attached hydrogen (secondary N) is 1. The van der Waals surface area contributed by atoms with Crippen molar-refractivity contribution in [3.63, 3.8) is 0 Å². The second-order valence-electron chi connectivity index (χ2n) is 6.03. The van der Waals surface area contributed by atoms with Gasteiger partial charge in [-0.15, -0.1) is 0 Å². The molecule has 1 N–H and O–H groups in total. The van der Waals surface area contributed by atoms with Crippen molar-refractivity contribution in [3.05, 3.63) is 40.8 Å². The molecule has 1 aliphatic rings. The van der Waals surface area contributed by atoms with Crippen LogP contribution in [0.2, 0.25) is 0 Å². The van der Waals surface area contributed by atoms with E-state index in [-0.39, 0.29) is 5.91 Å². The van der Waals surface area contributed by atoms with E-state index in [2.05, 4.69) is 26.2 Å². The van der Waals surface area contributed by atoms with E-state index in [0.29, 0.717) is 24.8 Å². The molecule has 0 unspecified atom stereocenters. The lowest BCUT2D eigenvalue weighted by Gasteiger charge is -2.22. The van der Waals surface area contributed by atoms with E-state index in [9.17, 15) is 4.79 Å². The van der Waals surface area contributed by atoms with Gasteiger partial charge in [0.1, 0.15) is 0 Å². The third-order valence-electron chi connectivity index (χ3n) is 4.20. The number of carbonyl (C=O) groups is 1. The lowest BCUT2D eigenvalue weighted by molar-refractivity contribution is -0.122. The number of aromatic nitrogens is 1. The van der Waals surface area contributed by atoms with Gasteiger partial charge >= 0.3 is 0 Å². The molecular formula is C18H21BrN2O2. The van der Waals surface area contributed by atoms with Crippen LogP contribution < -0.4 is 5.32 Å². The molecule has 0 aliphatic heterocycles. The van der Waals surface area contributed by atoms with Gasteiger partial charge in [0.05, 0.1) is 6.20 Å². The van der Waals surface area contributed by atoms with Crippen LogP contribution in [0.25, 0.3) is 11.3 Å². The third-order valence-corrected chi connectivity index (χ3v) is 4.69. The minimum Gasteiger partial charge on any atom is -0.441 e. The average molecular weight is 377 g/mol. The largest absolute Gasteiger partial charge is 0.441 e. The van der Waals surface area contributed by atoms with E-state index in [1.807, 2.05) is 24.3 Å². The highest BCUT2D eigenvalue weighted by atomic mass is 79.9. The van der Waals surface area contributed by atoms with E-state index in [0.717, 1.165) is 28.6 Å². The molecule has 3 rings (SSSR count). The van der Waals surface area contributed by atoms with Gasteiger partial charge in [0, 0.05) is 28.9 Å². The predicted octanol–water partition coefficient (Wildman–Crippen LogP) is 4.49. The molecule has 0 spiro atoms. The zero-order valence-electron chi connectivity index (χ0n) is 13.1. The van der Waals surface area contributed by atoms with Gasteiger partial charge in [-0.3, -0.25) is 4.79 Å². The van der Waals surface area contributed by atoms with Crippen molar-refractivity contribution in [2.45, 2.75) is 51.0 Å². The molecule has 1 saturated carbocycles. The van der Waals surface area contributed by atoms with Crippen LogP contribution in [0.3, 0.4) is 0 Å². The maximum Gasteiger partial charge on any atom is 0.220 e. The molecule has 122 valence electrons. The molecule has 1 aromatic heterocycles. The van der Waals surface area contributed by atoms with Crippen molar-refractivity contribution in [1.82, 2.24) is 10.3 Å². The molecule has 1 aliphatic carbocycles. The zero-order valence-corrected chi connectivity index (χ0v) is 14.6. The number of benzene rings is 1. The molecule has 1 aromatic carbocycles. The van der Waals surface area contributed by atoms with Gasteiger partial charge in [-0.1, -0.05) is 47.3 Å². The average Bonchev–Trinajstić information content (AvgIpc) is 3.03. The fourth-order valence-electron chi connectivity index (χ4n) is 2.97. The van der Waals surface area contributed by atoms with Crippen molar-refractivity contribution >= 4 is 21.8 Å².